The first-order valence-corrected chi connectivity index (χ1v) is 11.7. The van der Waals surface area contributed by atoms with Crippen LogP contribution in [-0.4, -0.2) is 50.3 Å². The molecule has 4 rings (SSSR count). The monoisotopic (exact) mass is 476 g/mol. The Morgan fingerprint density at radius 3 is 2.42 bits per heavy atom. The van der Waals surface area contributed by atoms with E-state index in [4.69, 9.17) is 25.8 Å². The number of likely N-dealkylation sites (tertiary alicyclic amines) is 1. The van der Waals surface area contributed by atoms with Crippen molar-refractivity contribution in [1.82, 2.24) is 10.2 Å². The van der Waals surface area contributed by atoms with Crippen molar-refractivity contribution in [2.24, 2.45) is 5.92 Å². The van der Waals surface area contributed by atoms with Gasteiger partial charge in [0, 0.05) is 37.7 Å². The molecule has 178 valence electrons. The molecule has 1 saturated carbocycles. The molecule has 1 aliphatic carbocycles. The van der Waals surface area contributed by atoms with Crippen molar-refractivity contribution in [3.8, 4) is 17.2 Å². The van der Waals surface area contributed by atoms with Gasteiger partial charge in [-0.2, -0.15) is 0 Å². The molecule has 0 bridgehead atoms. The third kappa shape index (κ3) is 5.89. The van der Waals surface area contributed by atoms with E-state index >= 15 is 0 Å². The molecule has 1 saturated heterocycles. The van der Waals surface area contributed by atoms with Gasteiger partial charge in [-0.1, -0.05) is 17.7 Å². The number of carbonyl (C=O) groups excluding carboxylic acids is 1. The van der Waals surface area contributed by atoms with E-state index in [9.17, 15) is 9.18 Å². The first-order chi connectivity index (χ1) is 15.9. The molecular formula is C25H30ClFN2O4. The van der Waals surface area contributed by atoms with Crippen LogP contribution in [0.1, 0.15) is 31.2 Å². The second-order valence-corrected chi connectivity index (χ2v) is 9.14. The fourth-order valence-corrected chi connectivity index (χ4v) is 4.70. The molecular weight excluding hydrogens is 447 g/mol. The number of nitrogens with one attached hydrogen (secondary N) is 1. The van der Waals surface area contributed by atoms with Crippen molar-refractivity contribution >= 4 is 17.5 Å². The SMILES string of the molecule is COc1ccc(CN2CCC(NC(=O)C3CC(Oc4cc(F)ccc4OC)C3)CC2)cc1Cl. The summed E-state index contributed by atoms with van der Waals surface area (Å²) in [7, 11) is 3.13. The summed E-state index contributed by atoms with van der Waals surface area (Å²) in [5, 5.41) is 3.82. The van der Waals surface area contributed by atoms with Gasteiger partial charge in [0.1, 0.15) is 17.7 Å². The highest BCUT2D eigenvalue weighted by Gasteiger charge is 2.37. The molecule has 0 spiro atoms. The van der Waals surface area contributed by atoms with Gasteiger partial charge in [0.2, 0.25) is 5.91 Å². The summed E-state index contributed by atoms with van der Waals surface area (Å²) in [5.41, 5.74) is 1.15. The molecule has 2 aliphatic rings. The number of ether oxygens (including phenoxy) is 3. The molecule has 2 fully saturated rings. The van der Waals surface area contributed by atoms with Gasteiger partial charge in [0.25, 0.3) is 0 Å². The number of hydrogen-bond donors (Lipinski definition) is 1. The Kier molecular flexibility index (Phi) is 7.60. The lowest BCUT2D eigenvalue weighted by Crippen LogP contribution is -2.49. The lowest BCUT2D eigenvalue weighted by atomic mass is 9.81. The van der Waals surface area contributed by atoms with Crippen molar-refractivity contribution in [2.75, 3.05) is 27.3 Å². The molecule has 0 aromatic heterocycles. The fraction of sp³-hybridized carbons (Fsp3) is 0.480. The summed E-state index contributed by atoms with van der Waals surface area (Å²) in [5.74, 6) is 1.21. The van der Waals surface area contributed by atoms with Crippen LogP contribution in [0.5, 0.6) is 17.2 Å². The minimum Gasteiger partial charge on any atom is -0.495 e. The quantitative estimate of drug-likeness (QED) is 0.610. The average molecular weight is 477 g/mol. The van der Waals surface area contributed by atoms with E-state index in [1.54, 1.807) is 13.2 Å². The molecule has 0 unspecified atom stereocenters. The van der Waals surface area contributed by atoms with Gasteiger partial charge in [-0.25, -0.2) is 4.39 Å². The van der Waals surface area contributed by atoms with Crippen molar-refractivity contribution in [2.45, 2.75) is 44.4 Å². The molecule has 0 atom stereocenters. The Bertz CT molecular complexity index is 975. The molecule has 8 heteroatoms. The van der Waals surface area contributed by atoms with Crippen LogP contribution in [0.3, 0.4) is 0 Å². The van der Waals surface area contributed by atoms with Crippen LogP contribution in [0.2, 0.25) is 5.02 Å². The minimum absolute atomic E-state index is 0.0611. The van der Waals surface area contributed by atoms with Crippen LogP contribution >= 0.6 is 11.6 Å². The molecule has 1 amide bonds. The van der Waals surface area contributed by atoms with Crippen molar-refractivity contribution in [1.29, 1.82) is 0 Å². The van der Waals surface area contributed by atoms with Crippen LogP contribution in [0.25, 0.3) is 0 Å². The topological polar surface area (TPSA) is 60.0 Å². The summed E-state index contributed by atoms with van der Waals surface area (Å²) in [6, 6.07) is 10.3. The van der Waals surface area contributed by atoms with Gasteiger partial charge >= 0.3 is 0 Å². The molecule has 1 heterocycles. The highest BCUT2D eigenvalue weighted by molar-refractivity contribution is 6.32. The zero-order valence-corrected chi connectivity index (χ0v) is 19.7. The maximum atomic E-state index is 13.5. The highest BCUT2D eigenvalue weighted by atomic mass is 35.5. The summed E-state index contributed by atoms with van der Waals surface area (Å²) in [6.07, 6.45) is 2.99. The minimum atomic E-state index is -0.374. The smallest absolute Gasteiger partial charge is 0.223 e. The zero-order chi connectivity index (χ0) is 23.4. The van der Waals surface area contributed by atoms with Crippen LogP contribution in [0, 0.1) is 11.7 Å². The van der Waals surface area contributed by atoms with Crippen LogP contribution < -0.4 is 19.5 Å². The van der Waals surface area contributed by atoms with Gasteiger partial charge in [-0.15, -0.1) is 0 Å². The zero-order valence-electron chi connectivity index (χ0n) is 19.0. The van der Waals surface area contributed by atoms with E-state index < -0.39 is 0 Å². The number of rotatable bonds is 8. The Morgan fingerprint density at radius 1 is 1.06 bits per heavy atom. The number of piperidine rings is 1. The maximum Gasteiger partial charge on any atom is 0.223 e. The number of carbonyl (C=O) groups is 1. The second kappa shape index (κ2) is 10.6. The number of methoxy groups -OCH3 is 2. The molecule has 33 heavy (non-hydrogen) atoms. The van der Waals surface area contributed by atoms with E-state index in [0.717, 1.165) is 38.0 Å². The van der Waals surface area contributed by atoms with Gasteiger partial charge < -0.3 is 19.5 Å². The predicted octanol–water partition coefficient (Wildman–Crippen LogP) is 4.43. The number of hydrogen-bond acceptors (Lipinski definition) is 5. The Hall–Kier alpha value is -2.51. The van der Waals surface area contributed by atoms with Gasteiger partial charge in [-0.3, -0.25) is 9.69 Å². The molecule has 1 N–H and O–H groups in total. The molecule has 1 aliphatic heterocycles. The summed E-state index contributed by atoms with van der Waals surface area (Å²) in [4.78, 5) is 15.0. The van der Waals surface area contributed by atoms with Crippen LogP contribution in [-0.2, 0) is 11.3 Å². The summed E-state index contributed by atoms with van der Waals surface area (Å²) < 4.78 is 29.8. The van der Waals surface area contributed by atoms with Crippen LogP contribution in [0.15, 0.2) is 36.4 Å². The molecule has 2 aromatic rings. The Balaban J connectivity index is 1.18. The molecule has 2 aromatic carbocycles. The second-order valence-electron chi connectivity index (χ2n) is 8.73. The number of amides is 1. The predicted molar refractivity (Wildman–Crippen MR) is 125 cm³/mol. The van der Waals surface area contributed by atoms with E-state index in [-0.39, 0.29) is 29.8 Å². The van der Waals surface area contributed by atoms with E-state index in [1.165, 1.54) is 19.2 Å². The highest BCUT2D eigenvalue weighted by Crippen LogP contribution is 2.36. The molecule has 0 radical (unpaired) electrons. The first kappa shape index (κ1) is 23.6. The van der Waals surface area contributed by atoms with E-state index in [0.29, 0.717) is 35.1 Å². The standard InChI is InChI=1S/C25H30ClFN2O4/c1-31-22-5-3-16(11-21(22)26)15-29-9-7-19(8-10-29)28-25(30)17-12-20(13-17)33-24-14-18(27)4-6-23(24)32-2/h3-6,11,14,17,19-20H,7-10,12-13,15H2,1-2H3,(H,28,30). The fourth-order valence-electron chi connectivity index (χ4n) is 4.42. The Labute approximate surface area is 199 Å². The lowest BCUT2D eigenvalue weighted by Gasteiger charge is -2.37. The Morgan fingerprint density at radius 2 is 1.76 bits per heavy atom. The van der Waals surface area contributed by atoms with Gasteiger partial charge in [0.15, 0.2) is 11.5 Å². The number of nitrogens with zero attached hydrogens (tertiary/aromatic N) is 1. The summed E-state index contributed by atoms with van der Waals surface area (Å²) >= 11 is 6.23. The van der Waals surface area contributed by atoms with Gasteiger partial charge in [0.05, 0.1) is 19.2 Å². The van der Waals surface area contributed by atoms with Crippen molar-refractivity contribution in [3.63, 3.8) is 0 Å². The van der Waals surface area contributed by atoms with Crippen molar-refractivity contribution in [3.05, 3.63) is 52.8 Å². The van der Waals surface area contributed by atoms with Crippen LogP contribution in [0.4, 0.5) is 4.39 Å². The first-order valence-electron chi connectivity index (χ1n) is 11.3. The third-order valence-corrected chi connectivity index (χ3v) is 6.74. The van der Waals surface area contributed by atoms with Gasteiger partial charge in [-0.05, 0) is 55.5 Å². The maximum absolute atomic E-state index is 13.5. The molecule has 6 nitrogen and oxygen atoms in total. The normalized spacial score (nSPS) is 21.2. The van der Waals surface area contributed by atoms with E-state index in [2.05, 4.69) is 10.2 Å². The average Bonchev–Trinajstić information content (AvgIpc) is 2.77. The van der Waals surface area contributed by atoms with Crippen molar-refractivity contribution < 1.29 is 23.4 Å². The number of benzene rings is 2. The number of halogens is 2. The largest absolute Gasteiger partial charge is 0.495 e. The van der Waals surface area contributed by atoms with E-state index in [1.807, 2.05) is 18.2 Å². The lowest BCUT2D eigenvalue weighted by molar-refractivity contribution is -0.131. The summed E-state index contributed by atoms with van der Waals surface area (Å²) in [6.45, 7) is 2.67. The third-order valence-electron chi connectivity index (χ3n) is 6.44.